The Morgan fingerprint density at radius 1 is 0.909 bits per heavy atom. The zero-order valence-corrected chi connectivity index (χ0v) is 21.6. The molecule has 6 aliphatic rings. The van der Waals surface area contributed by atoms with Gasteiger partial charge in [0, 0.05) is 19.3 Å². The molecule has 12 atom stereocenters. The predicted octanol–water partition coefficient (Wildman–Crippen LogP) is 6.36. The van der Waals surface area contributed by atoms with Gasteiger partial charge in [-0.15, -0.1) is 0 Å². The van der Waals surface area contributed by atoms with E-state index in [1.54, 1.807) is 6.92 Å². The Morgan fingerprint density at radius 3 is 2.42 bits per heavy atom. The SMILES string of the molecule is CC(=O)O[C@H]1CC[C@@]2(C)[C@@H](CC[C@H]3[C@H]2CC[C@]2(C)[C@@H]4[C@@H](C)[C@@]5(CC[C@@H](C)CO5)O[C@@H]4C[C@H]32)C1. The number of rotatable bonds is 1. The van der Waals surface area contributed by atoms with Crippen molar-refractivity contribution in [2.75, 3.05) is 6.61 Å². The quantitative estimate of drug-likeness (QED) is 0.429. The van der Waals surface area contributed by atoms with Crippen molar-refractivity contribution in [3.8, 4) is 0 Å². The van der Waals surface area contributed by atoms with E-state index in [-0.39, 0.29) is 17.9 Å². The molecule has 0 bridgehead atoms. The number of fused-ring (bicyclic) bond motifs is 7. The zero-order valence-electron chi connectivity index (χ0n) is 21.6. The van der Waals surface area contributed by atoms with E-state index in [9.17, 15) is 4.79 Å². The van der Waals surface area contributed by atoms with E-state index in [2.05, 4.69) is 27.7 Å². The molecule has 33 heavy (non-hydrogen) atoms. The van der Waals surface area contributed by atoms with Crippen LogP contribution in [0.15, 0.2) is 0 Å². The summed E-state index contributed by atoms with van der Waals surface area (Å²) in [5.74, 6) is 4.63. The second kappa shape index (κ2) is 7.69. The molecule has 6 rings (SSSR count). The van der Waals surface area contributed by atoms with E-state index >= 15 is 0 Å². The lowest BCUT2D eigenvalue weighted by atomic mass is 9.44. The number of carbonyl (C=O) groups is 1. The fourth-order valence-corrected chi connectivity index (χ4v) is 10.6. The van der Waals surface area contributed by atoms with E-state index in [1.165, 1.54) is 44.9 Å². The minimum absolute atomic E-state index is 0.105. The van der Waals surface area contributed by atoms with Gasteiger partial charge in [-0.05, 0) is 104 Å². The van der Waals surface area contributed by atoms with E-state index in [1.807, 2.05) is 0 Å². The molecule has 1 spiro atoms. The summed E-state index contributed by atoms with van der Waals surface area (Å²) in [6.45, 7) is 12.4. The van der Waals surface area contributed by atoms with Crippen LogP contribution in [0.5, 0.6) is 0 Å². The summed E-state index contributed by atoms with van der Waals surface area (Å²) in [5.41, 5.74) is 0.828. The van der Waals surface area contributed by atoms with Crippen molar-refractivity contribution in [3.05, 3.63) is 0 Å². The van der Waals surface area contributed by atoms with Crippen molar-refractivity contribution in [2.24, 2.45) is 52.3 Å². The summed E-state index contributed by atoms with van der Waals surface area (Å²) in [5, 5.41) is 0. The van der Waals surface area contributed by atoms with Crippen LogP contribution in [0.2, 0.25) is 0 Å². The van der Waals surface area contributed by atoms with Crippen molar-refractivity contribution in [1.82, 2.24) is 0 Å². The van der Waals surface area contributed by atoms with Crippen LogP contribution < -0.4 is 0 Å². The van der Waals surface area contributed by atoms with Gasteiger partial charge in [0.25, 0.3) is 0 Å². The Balaban J connectivity index is 1.21. The van der Waals surface area contributed by atoms with Crippen molar-refractivity contribution >= 4 is 5.97 Å². The highest BCUT2D eigenvalue weighted by molar-refractivity contribution is 5.66. The molecule has 4 saturated carbocycles. The third kappa shape index (κ3) is 3.25. The molecule has 6 fully saturated rings. The van der Waals surface area contributed by atoms with Crippen LogP contribution in [-0.2, 0) is 19.0 Å². The third-order valence-corrected chi connectivity index (χ3v) is 12.2. The molecule has 186 valence electrons. The molecule has 0 aromatic rings. The Bertz CT molecular complexity index is 786. The summed E-state index contributed by atoms with van der Waals surface area (Å²) < 4.78 is 19.1. The van der Waals surface area contributed by atoms with Crippen molar-refractivity contribution in [3.63, 3.8) is 0 Å². The Morgan fingerprint density at radius 2 is 1.70 bits per heavy atom. The molecule has 4 nitrogen and oxygen atoms in total. The lowest BCUT2D eigenvalue weighted by molar-refractivity contribution is -0.273. The Kier molecular flexibility index (Phi) is 5.32. The molecule has 2 aliphatic heterocycles. The third-order valence-electron chi connectivity index (χ3n) is 12.2. The van der Waals surface area contributed by atoms with Gasteiger partial charge >= 0.3 is 5.97 Å². The van der Waals surface area contributed by atoms with E-state index in [0.29, 0.717) is 34.7 Å². The lowest BCUT2D eigenvalue weighted by Gasteiger charge is -2.61. The molecule has 0 unspecified atom stereocenters. The summed E-state index contributed by atoms with van der Waals surface area (Å²) >= 11 is 0. The maximum atomic E-state index is 11.5. The molecule has 0 aromatic heterocycles. The van der Waals surface area contributed by atoms with Crippen molar-refractivity contribution in [2.45, 2.75) is 117 Å². The number of ether oxygens (including phenoxy) is 3. The van der Waals surface area contributed by atoms with Gasteiger partial charge in [0.1, 0.15) is 6.10 Å². The number of hydrogen-bond donors (Lipinski definition) is 0. The Labute approximate surface area is 200 Å². The summed E-state index contributed by atoms with van der Waals surface area (Å²) in [7, 11) is 0. The molecule has 0 N–H and O–H groups in total. The van der Waals surface area contributed by atoms with Crippen molar-refractivity contribution < 1.29 is 19.0 Å². The second-order valence-electron chi connectivity index (χ2n) is 13.7. The smallest absolute Gasteiger partial charge is 0.302 e. The topological polar surface area (TPSA) is 44.8 Å². The van der Waals surface area contributed by atoms with Crippen molar-refractivity contribution in [1.29, 1.82) is 0 Å². The van der Waals surface area contributed by atoms with Gasteiger partial charge in [0.05, 0.1) is 12.7 Å². The number of hydrogen-bond acceptors (Lipinski definition) is 4. The highest BCUT2D eigenvalue weighted by atomic mass is 16.7. The standard InChI is InChI=1S/C29H46O4/c1-17-8-13-29(31-16-17)18(2)26-25(33-29)15-24-22-7-6-20-14-21(32-19(3)30)9-11-27(20,4)23(22)10-12-28(24,26)5/h17-18,20-26H,6-16H2,1-5H3/t17-,18-,20+,21+,22+,23-,24-,25-,26-,27+,28+,29-/m1/s1. The molecule has 2 saturated heterocycles. The molecular weight excluding hydrogens is 412 g/mol. The van der Waals surface area contributed by atoms with Crippen LogP contribution in [-0.4, -0.2) is 30.6 Å². The van der Waals surface area contributed by atoms with Gasteiger partial charge < -0.3 is 14.2 Å². The maximum Gasteiger partial charge on any atom is 0.302 e. The van der Waals surface area contributed by atoms with Crippen LogP contribution in [0, 0.1) is 52.3 Å². The first-order chi connectivity index (χ1) is 15.7. The van der Waals surface area contributed by atoms with Gasteiger partial charge in [-0.1, -0.05) is 27.7 Å². The first-order valence-corrected chi connectivity index (χ1v) is 14.2. The van der Waals surface area contributed by atoms with Gasteiger partial charge in [-0.3, -0.25) is 4.79 Å². The van der Waals surface area contributed by atoms with Crippen LogP contribution >= 0.6 is 0 Å². The molecule has 0 amide bonds. The molecule has 0 radical (unpaired) electrons. The molecule has 2 heterocycles. The monoisotopic (exact) mass is 458 g/mol. The maximum absolute atomic E-state index is 11.5. The average molecular weight is 459 g/mol. The average Bonchev–Trinajstić information content (AvgIpc) is 3.21. The molecule has 4 aliphatic carbocycles. The van der Waals surface area contributed by atoms with E-state index in [4.69, 9.17) is 14.2 Å². The molecule has 0 aromatic carbocycles. The fraction of sp³-hybridized carbons (Fsp3) is 0.966. The van der Waals surface area contributed by atoms with Gasteiger partial charge in [-0.25, -0.2) is 0 Å². The Hall–Kier alpha value is -0.610. The van der Waals surface area contributed by atoms with Gasteiger partial charge in [-0.2, -0.15) is 0 Å². The summed E-state index contributed by atoms with van der Waals surface area (Å²) in [4.78, 5) is 11.5. The first-order valence-electron chi connectivity index (χ1n) is 14.2. The first kappa shape index (κ1) is 22.8. The van der Waals surface area contributed by atoms with Crippen LogP contribution in [0.1, 0.15) is 98.8 Å². The zero-order chi connectivity index (χ0) is 23.2. The summed E-state index contributed by atoms with van der Waals surface area (Å²) in [6, 6.07) is 0. The van der Waals surface area contributed by atoms with Crippen LogP contribution in [0.3, 0.4) is 0 Å². The highest BCUT2D eigenvalue weighted by Gasteiger charge is 2.69. The predicted molar refractivity (Wildman–Crippen MR) is 127 cm³/mol. The van der Waals surface area contributed by atoms with E-state index < -0.39 is 0 Å². The molecule has 4 heteroatoms. The van der Waals surface area contributed by atoms with E-state index in [0.717, 1.165) is 49.5 Å². The minimum Gasteiger partial charge on any atom is -0.463 e. The lowest BCUT2D eigenvalue weighted by Crippen LogP contribution is -2.55. The number of esters is 1. The minimum atomic E-state index is -0.300. The fourth-order valence-electron chi connectivity index (χ4n) is 10.6. The normalized spacial score (nSPS) is 57.7. The number of carbonyl (C=O) groups excluding carboxylic acids is 1. The molecular formula is C29H46O4. The van der Waals surface area contributed by atoms with Crippen LogP contribution in [0.25, 0.3) is 0 Å². The summed E-state index contributed by atoms with van der Waals surface area (Å²) in [6.07, 6.45) is 12.9. The largest absolute Gasteiger partial charge is 0.463 e. The highest BCUT2D eigenvalue weighted by Crippen LogP contribution is 2.71. The van der Waals surface area contributed by atoms with Crippen LogP contribution in [0.4, 0.5) is 0 Å². The van der Waals surface area contributed by atoms with Gasteiger partial charge in [0.15, 0.2) is 5.79 Å². The second-order valence-corrected chi connectivity index (χ2v) is 13.7. The van der Waals surface area contributed by atoms with Gasteiger partial charge in [0.2, 0.25) is 0 Å².